The molecule has 4 heterocycles. The Balaban J connectivity index is 1.37. The fraction of sp³-hybridized carbons (Fsp3) is 0.457. The Morgan fingerprint density at radius 1 is 0.907 bits per heavy atom. The summed E-state index contributed by atoms with van der Waals surface area (Å²) in [6.07, 6.45) is 11.5. The average molecular weight is 600 g/mol. The molecular formula is C35H41N3O4S. The maximum absolute atomic E-state index is 14.7. The van der Waals surface area contributed by atoms with Crippen LogP contribution in [0, 0.1) is 25.7 Å². The summed E-state index contributed by atoms with van der Waals surface area (Å²) in [7, 11) is 0. The highest BCUT2D eigenvalue weighted by Crippen LogP contribution is 2.61. The normalized spacial score (nSPS) is 28.2. The SMILES string of the molecule is Cc1ccc(C)c(N2CC=C[C@]34S[C@@H]5C=CCN(Cc6ccccc6)C(=O)[C@@H]5[C@H]3C(=O)N(CCCCCCO)C4C2=O)c1. The van der Waals surface area contributed by atoms with Gasteiger partial charge in [-0.3, -0.25) is 14.4 Å². The first-order valence-corrected chi connectivity index (χ1v) is 16.4. The first kappa shape index (κ1) is 29.7. The number of rotatable bonds is 9. The zero-order valence-electron chi connectivity index (χ0n) is 25.0. The summed E-state index contributed by atoms with van der Waals surface area (Å²) in [5.74, 6) is -1.33. The van der Waals surface area contributed by atoms with Crippen molar-refractivity contribution in [1.29, 1.82) is 0 Å². The molecule has 2 saturated heterocycles. The lowest BCUT2D eigenvalue weighted by atomic mass is 9.78. The lowest BCUT2D eigenvalue weighted by molar-refractivity contribution is -0.143. The van der Waals surface area contributed by atoms with Crippen LogP contribution >= 0.6 is 11.8 Å². The summed E-state index contributed by atoms with van der Waals surface area (Å²) >= 11 is 1.63. The number of aryl methyl sites for hydroxylation is 2. The van der Waals surface area contributed by atoms with Crippen molar-refractivity contribution >= 4 is 35.2 Å². The minimum absolute atomic E-state index is 0.0124. The van der Waals surface area contributed by atoms with Crippen LogP contribution in [0.1, 0.15) is 42.4 Å². The van der Waals surface area contributed by atoms with Gasteiger partial charge in [0.1, 0.15) is 6.04 Å². The van der Waals surface area contributed by atoms with Gasteiger partial charge in [0.25, 0.3) is 5.91 Å². The van der Waals surface area contributed by atoms with Gasteiger partial charge in [-0.25, -0.2) is 0 Å². The van der Waals surface area contributed by atoms with E-state index in [0.29, 0.717) is 26.2 Å². The highest BCUT2D eigenvalue weighted by atomic mass is 32.2. The van der Waals surface area contributed by atoms with E-state index in [2.05, 4.69) is 18.2 Å². The van der Waals surface area contributed by atoms with Gasteiger partial charge in [-0.05, 0) is 49.4 Å². The molecule has 0 aliphatic carbocycles. The number of hydrogen-bond donors (Lipinski definition) is 1. The molecule has 5 atom stereocenters. The molecule has 2 fully saturated rings. The quantitative estimate of drug-likeness (QED) is 0.335. The number of carbonyl (C=O) groups is 3. The van der Waals surface area contributed by atoms with Crippen molar-refractivity contribution in [2.45, 2.75) is 62.1 Å². The van der Waals surface area contributed by atoms with E-state index >= 15 is 0 Å². The van der Waals surface area contributed by atoms with E-state index in [1.165, 1.54) is 0 Å². The number of thioether (sulfide) groups is 1. The number of hydrogen-bond acceptors (Lipinski definition) is 5. The van der Waals surface area contributed by atoms with E-state index in [1.54, 1.807) is 16.7 Å². The van der Waals surface area contributed by atoms with Crippen molar-refractivity contribution in [1.82, 2.24) is 9.80 Å². The van der Waals surface area contributed by atoms with Gasteiger partial charge < -0.3 is 19.8 Å². The molecular weight excluding hydrogens is 558 g/mol. The summed E-state index contributed by atoms with van der Waals surface area (Å²) < 4.78 is -0.823. The second kappa shape index (κ2) is 12.3. The van der Waals surface area contributed by atoms with Crippen molar-refractivity contribution in [2.24, 2.45) is 11.8 Å². The number of amides is 3. The molecule has 1 unspecified atom stereocenters. The van der Waals surface area contributed by atoms with E-state index in [0.717, 1.165) is 48.1 Å². The number of anilines is 1. The third-order valence-corrected chi connectivity index (χ3v) is 11.2. The Morgan fingerprint density at radius 2 is 1.70 bits per heavy atom. The van der Waals surface area contributed by atoms with E-state index in [-0.39, 0.29) is 29.6 Å². The van der Waals surface area contributed by atoms with E-state index in [1.807, 2.05) is 78.3 Å². The molecule has 0 aromatic heterocycles. The van der Waals surface area contributed by atoms with Gasteiger partial charge in [-0.2, -0.15) is 0 Å². The molecule has 2 aromatic rings. The van der Waals surface area contributed by atoms with Gasteiger partial charge in [-0.1, -0.05) is 79.6 Å². The summed E-state index contributed by atoms with van der Waals surface area (Å²) in [5.41, 5.74) is 4.01. The Hall–Kier alpha value is -3.36. The lowest BCUT2D eigenvalue weighted by Crippen LogP contribution is -2.53. The van der Waals surface area contributed by atoms with Crippen LogP contribution in [0.3, 0.4) is 0 Å². The Labute approximate surface area is 258 Å². The van der Waals surface area contributed by atoms with Crippen LogP contribution in [0.5, 0.6) is 0 Å². The number of likely N-dealkylation sites (tertiary alicyclic amines) is 1. The van der Waals surface area contributed by atoms with Crippen LogP contribution in [0.4, 0.5) is 5.69 Å². The first-order valence-electron chi connectivity index (χ1n) is 15.5. The van der Waals surface area contributed by atoms with Crippen molar-refractivity contribution in [3.63, 3.8) is 0 Å². The maximum atomic E-state index is 14.7. The number of unbranched alkanes of at least 4 members (excludes halogenated alkanes) is 3. The molecule has 226 valence electrons. The fourth-order valence-corrected chi connectivity index (χ4v) is 9.36. The summed E-state index contributed by atoms with van der Waals surface area (Å²) in [6.45, 7) is 6.06. The van der Waals surface area contributed by atoms with Crippen molar-refractivity contribution in [3.8, 4) is 0 Å². The molecule has 1 N–H and O–H groups in total. The zero-order valence-corrected chi connectivity index (χ0v) is 25.8. The molecule has 8 heteroatoms. The maximum Gasteiger partial charge on any atom is 0.251 e. The Kier molecular flexibility index (Phi) is 8.51. The molecule has 7 nitrogen and oxygen atoms in total. The minimum Gasteiger partial charge on any atom is -0.396 e. The van der Waals surface area contributed by atoms with Gasteiger partial charge in [0.05, 0.1) is 16.6 Å². The van der Waals surface area contributed by atoms with Crippen molar-refractivity contribution in [2.75, 3.05) is 31.1 Å². The summed E-state index contributed by atoms with van der Waals surface area (Å²) in [5, 5.41) is 9.05. The molecule has 3 amide bonds. The van der Waals surface area contributed by atoms with Gasteiger partial charge >= 0.3 is 0 Å². The molecule has 43 heavy (non-hydrogen) atoms. The third kappa shape index (κ3) is 5.33. The van der Waals surface area contributed by atoms with Crippen LogP contribution in [-0.2, 0) is 20.9 Å². The van der Waals surface area contributed by atoms with Crippen molar-refractivity contribution in [3.05, 3.63) is 89.5 Å². The summed E-state index contributed by atoms with van der Waals surface area (Å²) in [4.78, 5) is 49.1. The monoisotopic (exact) mass is 599 g/mol. The van der Waals surface area contributed by atoms with Gasteiger partial charge in [0, 0.05) is 43.7 Å². The topological polar surface area (TPSA) is 81.2 Å². The Morgan fingerprint density at radius 3 is 2.49 bits per heavy atom. The lowest BCUT2D eigenvalue weighted by Gasteiger charge is -2.35. The highest BCUT2D eigenvalue weighted by molar-refractivity contribution is 8.02. The molecule has 1 spiro atoms. The molecule has 0 bridgehead atoms. The smallest absolute Gasteiger partial charge is 0.251 e. The molecule has 4 aliphatic rings. The van der Waals surface area contributed by atoms with Gasteiger partial charge in [0.15, 0.2) is 0 Å². The number of nitrogens with zero attached hydrogens (tertiary/aromatic N) is 3. The third-order valence-electron chi connectivity index (χ3n) is 9.42. The standard InChI is InChI=1S/C35H41N3O4S/c1-24-15-16-25(2)27(22-24)37-20-11-17-35-30(33(41)38(31(35)34(37)42)19-8-3-4-9-21-39)29-28(43-35)14-10-18-36(32(29)40)23-26-12-6-5-7-13-26/h5-7,10-17,22,28-31,39H,3-4,8-9,18-21,23H2,1-2H3/t28-,29+,30+,31?,35+/m1/s1. The Bertz CT molecular complexity index is 1440. The van der Waals surface area contributed by atoms with E-state index in [9.17, 15) is 19.5 Å². The van der Waals surface area contributed by atoms with Gasteiger partial charge in [0.2, 0.25) is 11.8 Å². The fourth-order valence-electron chi connectivity index (χ4n) is 7.35. The van der Waals surface area contributed by atoms with Crippen LogP contribution in [0.15, 0.2) is 72.8 Å². The molecule has 0 saturated carbocycles. The van der Waals surface area contributed by atoms with Crippen LogP contribution in [0.2, 0.25) is 0 Å². The predicted octanol–water partition coefficient (Wildman–Crippen LogP) is 4.65. The minimum atomic E-state index is -0.823. The first-order chi connectivity index (χ1) is 20.9. The molecule has 2 aromatic carbocycles. The zero-order chi connectivity index (χ0) is 30.1. The summed E-state index contributed by atoms with van der Waals surface area (Å²) in [6, 6.07) is 15.4. The molecule has 6 rings (SSSR count). The van der Waals surface area contributed by atoms with E-state index < -0.39 is 22.6 Å². The average Bonchev–Trinajstić information content (AvgIpc) is 3.32. The number of fused-ring (bicyclic) bond motifs is 2. The molecule has 0 radical (unpaired) electrons. The van der Waals surface area contributed by atoms with Crippen molar-refractivity contribution < 1.29 is 19.5 Å². The van der Waals surface area contributed by atoms with Crippen LogP contribution in [-0.4, -0.2) is 74.9 Å². The second-order valence-corrected chi connectivity index (χ2v) is 13.8. The van der Waals surface area contributed by atoms with Gasteiger partial charge in [-0.15, -0.1) is 11.8 Å². The predicted molar refractivity (Wildman–Crippen MR) is 171 cm³/mol. The largest absolute Gasteiger partial charge is 0.396 e. The number of benzene rings is 2. The van der Waals surface area contributed by atoms with Crippen LogP contribution < -0.4 is 4.90 Å². The van der Waals surface area contributed by atoms with E-state index in [4.69, 9.17) is 0 Å². The number of aliphatic hydroxyl groups excluding tert-OH is 1. The highest BCUT2D eigenvalue weighted by Gasteiger charge is 2.71. The molecule has 4 aliphatic heterocycles. The number of aliphatic hydroxyl groups is 1. The second-order valence-electron chi connectivity index (χ2n) is 12.3. The number of carbonyl (C=O) groups excluding carboxylic acids is 3. The van der Waals surface area contributed by atoms with Crippen LogP contribution in [0.25, 0.3) is 0 Å².